The van der Waals surface area contributed by atoms with Gasteiger partial charge in [0.1, 0.15) is 0 Å². The Morgan fingerprint density at radius 1 is 1.36 bits per heavy atom. The zero-order valence-electron chi connectivity index (χ0n) is 7.12. The van der Waals surface area contributed by atoms with Gasteiger partial charge in [0.25, 0.3) is 0 Å². The zero-order valence-corrected chi connectivity index (χ0v) is 7.12. The van der Waals surface area contributed by atoms with Gasteiger partial charge in [0.15, 0.2) is 0 Å². The monoisotopic (exact) mass is 152 g/mol. The van der Waals surface area contributed by atoms with Gasteiger partial charge in [-0.1, -0.05) is 37.6 Å². The zero-order chi connectivity index (χ0) is 7.94. The van der Waals surface area contributed by atoms with Gasteiger partial charge in [-0.2, -0.15) is 0 Å². The smallest absolute Gasteiger partial charge is 0.0937 e. The average molecular weight is 152 g/mol. The lowest BCUT2D eigenvalue weighted by molar-refractivity contribution is 0.111. The summed E-state index contributed by atoms with van der Waals surface area (Å²) in [6.45, 7) is 3.06. The number of hydrogen-bond acceptors (Lipinski definition) is 1. The fraction of sp³-hybridized carbons (Fsp3) is 0.600. The minimum absolute atomic E-state index is 0.246. The van der Waals surface area contributed by atoms with Gasteiger partial charge in [-0.3, -0.25) is 0 Å². The summed E-state index contributed by atoms with van der Waals surface area (Å²) in [5, 5.41) is 0. The lowest BCUT2D eigenvalue weighted by Gasteiger charge is -2.11. The van der Waals surface area contributed by atoms with Crippen LogP contribution in [0.15, 0.2) is 24.3 Å². The Bertz CT molecular complexity index is 135. The molecule has 0 aromatic heterocycles. The first kappa shape index (κ1) is 8.54. The molecule has 0 atom stereocenters. The molecule has 0 heterocycles. The van der Waals surface area contributed by atoms with E-state index < -0.39 is 0 Å². The van der Waals surface area contributed by atoms with Crippen molar-refractivity contribution < 1.29 is 4.74 Å². The highest BCUT2D eigenvalue weighted by Gasteiger charge is 2.00. The van der Waals surface area contributed by atoms with E-state index in [4.69, 9.17) is 4.74 Å². The summed E-state index contributed by atoms with van der Waals surface area (Å²) < 4.78 is 5.55. The highest BCUT2D eigenvalue weighted by molar-refractivity contribution is 5.10. The molecule has 62 valence electrons. The van der Waals surface area contributed by atoms with Crippen molar-refractivity contribution in [1.82, 2.24) is 0 Å². The number of hydrogen-bond donors (Lipinski definition) is 0. The fourth-order valence-corrected chi connectivity index (χ4v) is 1.04. The van der Waals surface area contributed by atoms with Gasteiger partial charge in [-0.25, -0.2) is 0 Å². The average Bonchev–Trinajstić information content (AvgIpc) is 2.07. The summed E-state index contributed by atoms with van der Waals surface area (Å²) in [6, 6.07) is 0. The molecule has 1 nitrogen and oxygen atoms in total. The van der Waals surface area contributed by atoms with Crippen molar-refractivity contribution in [2.45, 2.75) is 32.3 Å². The lowest BCUT2D eigenvalue weighted by atomic mass is 10.2. The van der Waals surface area contributed by atoms with Gasteiger partial charge in [0.2, 0.25) is 0 Å². The molecule has 0 saturated carbocycles. The summed E-state index contributed by atoms with van der Waals surface area (Å²) >= 11 is 0. The Labute approximate surface area is 68.8 Å². The molecule has 0 N–H and O–H groups in total. The van der Waals surface area contributed by atoms with Crippen LogP contribution in [-0.4, -0.2) is 12.7 Å². The van der Waals surface area contributed by atoms with Gasteiger partial charge >= 0.3 is 0 Å². The van der Waals surface area contributed by atoms with Crippen LogP contribution in [0, 0.1) is 0 Å². The van der Waals surface area contributed by atoms with E-state index in [1.54, 1.807) is 0 Å². The van der Waals surface area contributed by atoms with Gasteiger partial charge in [-0.05, 0) is 12.8 Å². The van der Waals surface area contributed by atoms with Crippen LogP contribution in [-0.2, 0) is 4.74 Å². The Hall–Kier alpha value is -0.560. The molecule has 11 heavy (non-hydrogen) atoms. The molecule has 1 aliphatic carbocycles. The second-order valence-corrected chi connectivity index (χ2v) is 2.78. The molecule has 0 bridgehead atoms. The molecular formula is C10H16O. The lowest BCUT2D eigenvalue weighted by Crippen LogP contribution is -2.08. The van der Waals surface area contributed by atoms with E-state index in [9.17, 15) is 0 Å². The van der Waals surface area contributed by atoms with E-state index in [1.807, 2.05) is 0 Å². The quantitative estimate of drug-likeness (QED) is 0.444. The van der Waals surface area contributed by atoms with E-state index in [0.29, 0.717) is 0 Å². The highest BCUT2D eigenvalue weighted by atomic mass is 16.5. The topological polar surface area (TPSA) is 9.23 Å². The second-order valence-electron chi connectivity index (χ2n) is 2.78. The SMILES string of the molecule is CCCCOC1C=CCC=C1. The van der Waals surface area contributed by atoms with Crippen LogP contribution in [0.3, 0.4) is 0 Å². The number of unbranched alkanes of at least 4 members (excludes halogenated alkanes) is 1. The Morgan fingerprint density at radius 3 is 2.73 bits per heavy atom. The van der Waals surface area contributed by atoms with E-state index in [2.05, 4.69) is 31.2 Å². The number of rotatable bonds is 4. The van der Waals surface area contributed by atoms with Crippen molar-refractivity contribution in [3.05, 3.63) is 24.3 Å². The second kappa shape index (κ2) is 5.14. The van der Waals surface area contributed by atoms with Crippen LogP contribution >= 0.6 is 0 Å². The first-order chi connectivity index (χ1) is 5.43. The van der Waals surface area contributed by atoms with Crippen LogP contribution < -0.4 is 0 Å². The number of ether oxygens (including phenoxy) is 1. The van der Waals surface area contributed by atoms with Crippen LogP contribution in [0.25, 0.3) is 0 Å². The van der Waals surface area contributed by atoms with Crippen molar-refractivity contribution in [2.24, 2.45) is 0 Å². The Kier molecular flexibility index (Phi) is 3.99. The summed E-state index contributed by atoms with van der Waals surface area (Å²) in [4.78, 5) is 0. The van der Waals surface area contributed by atoms with Gasteiger partial charge in [0.05, 0.1) is 6.10 Å². The predicted molar refractivity (Wildman–Crippen MR) is 47.5 cm³/mol. The summed E-state index contributed by atoms with van der Waals surface area (Å²) in [5.41, 5.74) is 0. The molecular weight excluding hydrogens is 136 g/mol. The van der Waals surface area contributed by atoms with Crippen molar-refractivity contribution in [2.75, 3.05) is 6.61 Å². The minimum Gasteiger partial charge on any atom is -0.370 e. The van der Waals surface area contributed by atoms with Gasteiger partial charge in [-0.15, -0.1) is 0 Å². The molecule has 0 aromatic rings. The molecule has 0 amide bonds. The molecule has 0 fully saturated rings. The van der Waals surface area contributed by atoms with Crippen molar-refractivity contribution in [3.63, 3.8) is 0 Å². The molecule has 0 saturated heterocycles. The maximum Gasteiger partial charge on any atom is 0.0937 e. The third-order valence-electron chi connectivity index (χ3n) is 1.73. The standard InChI is InChI=1S/C10H16O/c1-2-3-9-11-10-7-5-4-6-8-10/h5-8,10H,2-4,9H2,1H3. The number of allylic oxidation sites excluding steroid dienone is 2. The van der Waals surface area contributed by atoms with E-state index in [1.165, 1.54) is 6.42 Å². The third-order valence-corrected chi connectivity index (χ3v) is 1.73. The third kappa shape index (κ3) is 3.38. The molecule has 1 aliphatic rings. The van der Waals surface area contributed by atoms with Crippen molar-refractivity contribution in [1.29, 1.82) is 0 Å². The maximum absolute atomic E-state index is 5.55. The van der Waals surface area contributed by atoms with Gasteiger partial charge < -0.3 is 4.74 Å². The first-order valence-electron chi connectivity index (χ1n) is 4.38. The summed E-state index contributed by atoms with van der Waals surface area (Å²) in [6.07, 6.45) is 12.2. The Morgan fingerprint density at radius 2 is 2.09 bits per heavy atom. The minimum atomic E-state index is 0.246. The maximum atomic E-state index is 5.55. The summed E-state index contributed by atoms with van der Waals surface area (Å²) in [5.74, 6) is 0. The van der Waals surface area contributed by atoms with Crippen LogP contribution in [0.2, 0.25) is 0 Å². The van der Waals surface area contributed by atoms with E-state index in [0.717, 1.165) is 19.4 Å². The predicted octanol–water partition coefficient (Wildman–Crippen LogP) is 2.69. The van der Waals surface area contributed by atoms with E-state index >= 15 is 0 Å². The molecule has 1 rings (SSSR count). The molecule has 0 unspecified atom stereocenters. The molecule has 0 spiro atoms. The normalized spacial score (nSPS) is 17.5. The van der Waals surface area contributed by atoms with Crippen LogP contribution in [0.5, 0.6) is 0 Å². The molecule has 1 heteroatoms. The van der Waals surface area contributed by atoms with Crippen molar-refractivity contribution in [3.8, 4) is 0 Å². The molecule has 0 aliphatic heterocycles. The highest BCUT2D eigenvalue weighted by Crippen LogP contribution is 2.05. The first-order valence-corrected chi connectivity index (χ1v) is 4.38. The molecule has 0 aromatic carbocycles. The van der Waals surface area contributed by atoms with Crippen molar-refractivity contribution >= 4 is 0 Å². The molecule has 0 radical (unpaired) electrons. The summed E-state index contributed by atoms with van der Waals surface area (Å²) in [7, 11) is 0. The van der Waals surface area contributed by atoms with Crippen LogP contribution in [0.1, 0.15) is 26.2 Å². The van der Waals surface area contributed by atoms with Crippen LogP contribution in [0.4, 0.5) is 0 Å². The van der Waals surface area contributed by atoms with Gasteiger partial charge in [0, 0.05) is 6.61 Å². The largest absolute Gasteiger partial charge is 0.370 e. The van der Waals surface area contributed by atoms with E-state index in [-0.39, 0.29) is 6.10 Å². The Balaban J connectivity index is 2.10. The fourth-order valence-electron chi connectivity index (χ4n) is 1.04.